The van der Waals surface area contributed by atoms with Crippen LogP contribution in [0, 0.1) is 49.9 Å². The number of carboxylic acids is 1. The van der Waals surface area contributed by atoms with Crippen LogP contribution in [0.2, 0.25) is 0 Å². The van der Waals surface area contributed by atoms with E-state index in [-0.39, 0.29) is 63.0 Å². The second-order valence-corrected chi connectivity index (χ2v) is 23.5. The average Bonchev–Trinajstić information content (AvgIpc) is 0.842. The molecule has 0 amide bonds. The molecule has 0 bridgehead atoms. The van der Waals surface area contributed by atoms with Crippen molar-refractivity contribution < 1.29 is 78.4 Å². The summed E-state index contributed by atoms with van der Waals surface area (Å²) < 4.78 is 133. The normalized spacial score (nSPS) is 9.63. The molecule has 640 valence electrons. The van der Waals surface area contributed by atoms with Gasteiger partial charge in [0.25, 0.3) is 0 Å². The Labute approximate surface area is 697 Å². The summed E-state index contributed by atoms with van der Waals surface area (Å²) in [5.74, 6) is 12.0. The Morgan fingerprint density at radius 1 is 0.359 bits per heavy atom. The number of allylic oxidation sites excluding steroid dienone is 1. The number of terminal acetylenes is 1. The average molecular weight is 1630 g/mol. The van der Waals surface area contributed by atoms with Gasteiger partial charge < -0.3 is 24.1 Å². The number of aliphatic carboxylic acids is 1. The van der Waals surface area contributed by atoms with E-state index in [0.717, 1.165) is 64.6 Å². The van der Waals surface area contributed by atoms with Gasteiger partial charge in [0.2, 0.25) is 0 Å². The van der Waals surface area contributed by atoms with Crippen LogP contribution in [0.3, 0.4) is 0 Å². The van der Waals surface area contributed by atoms with E-state index in [2.05, 4.69) is 63.0 Å². The van der Waals surface area contributed by atoms with Crippen LogP contribution in [0.15, 0.2) is 218 Å². The maximum Gasteiger partial charge on any atom is 0.426 e. The number of aryl methyl sites for hydroxylation is 6. The SMILES string of the molecule is C#CC.C=C(C)C(=O)CCCc1ccc(OC(F)(F)c2ccc(CCCC(=O)C(C)=O)cc2)cc1.C=C(C)C(=O)O.CC.CC.CC.CC.CC.CC.CC.CC#Cc1ccc(OC(F)(F)c2ccc(C#CC)cc2)cc1.CCCc1ccc(OC(F)(F)c2ccc(CCC)cc2)cc1.Cc1ccc(OC(F)(F)c2ccc(C)cc2)cc1. The minimum Gasteiger partial charge on any atom is -0.478 e. The summed E-state index contributed by atoms with van der Waals surface area (Å²) in [6.45, 7) is 52.1. The van der Waals surface area contributed by atoms with Gasteiger partial charge in [-0.1, -0.05) is 233 Å². The molecule has 0 radical (unpaired) electrons. The zero-order chi connectivity index (χ0) is 90.8. The van der Waals surface area contributed by atoms with E-state index >= 15 is 0 Å². The van der Waals surface area contributed by atoms with E-state index in [9.17, 15) is 54.3 Å². The quantitative estimate of drug-likeness (QED) is 0.0232. The van der Waals surface area contributed by atoms with Crippen LogP contribution < -0.4 is 18.9 Å². The molecular formula is C100H130F8O9. The van der Waals surface area contributed by atoms with Gasteiger partial charge in [0.15, 0.2) is 17.3 Å². The number of hydrogen-bond donors (Lipinski definition) is 1. The largest absolute Gasteiger partial charge is 0.478 e. The Hall–Kier alpha value is -11.0. The highest BCUT2D eigenvalue weighted by atomic mass is 19.3. The molecule has 1 N–H and O–H groups in total. The molecule has 0 saturated heterocycles. The lowest BCUT2D eigenvalue weighted by Gasteiger charge is -2.19. The molecule has 0 aliphatic carbocycles. The number of carbonyl (C=O) groups excluding carboxylic acids is 3. The highest BCUT2D eigenvalue weighted by Crippen LogP contribution is 2.36. The van der Waals surface area contributed by atoms with Crippen LogP contribution in [0.25, 0.3) is 0 Å². The molecule has 0 spiro atoms. The van der Waals surface area contributed by atoms with Gasteiger partial charge in [-0.2, -0.15) is 35.1 Å². The van der Waals surface area contributed by atoms with Gasteiger partial charge in [0.05, 0.1) is 22.3 Å². The fraction of sp³-hybridized carbons (Fsp3) is 0.380. The van der Waals surface area contributed by atoms with E-state index in [4.69, 9.17) is 24.1 Å². The summed E-state index contributed by atoms with van der Waals surface area (Å²) in [5.41, 5.74) is 7.25. The number of ketones is 3. The molecule has 0 fully saturated rings. The number of rotatable bonds is 27. The molecule has 0 unspecified atom stereocenters. The molecule has 0 aliphatic rings. The second kappa shape index (κ2) is 67.2. The third-order valence-electron chi connectivity index (χ3n) is 14.5. The number of halogens is 8. The first-order chi connectivity index (χ1) is 55.7. The standard InChI is InChI=1S/C26H28F2O4.C19H22F2O.C19H14F2O.C15H14F2O.C4H6O2.C3H4.7C2H6/c1-18(2)24(30)8-4-6-21-12-16-23(17-13-21)32-26(27,28)22-14-10-20(11-15-22)7-5-9-25(31)19(3)29;2*1-3-5-15-7-11-17(12-8-15)19(20,21)22-18-13-9-16(6-4-2)10-14-18;1-11-3-7-13(8-4-11)15(16,17)18-14-9-5-12(2)6-10-14;1-3(2)4(5)6;1-3-2;7*1-2/h10-17H,1,4-9H2,2-3H3;7-14H,3-6H2,1-2H3;7-14H,1-2H3;3-10H,1-2H3;1H2,2H3,(H,5,6);1H,2H3;7*1-2H3. The van der Waals surface area contributed by atoms with Crippen LogP contribution in [-0.4, -0.2) is 28.4 Å². The summed E-state index contributed by atoms with van der Waals surface area (Å²) >= 11 is 0. The first-order valence-electron chi connectivity index (χ1n) is 40.0. The van der Waals surface area contributed by atoms with E-state index in [1.54, 1.807) is 125 Å². The first-order valence-corrected chi connectivity index (χ1v) is 40.0. The molecule has 0 aliphatic heterocycles. The predicted molar refractivity (Wildman–Crippen MR) is 470 cm³/mol. The fourth-order valence-electron chi connectivity index (χ4n) is 8.88. The van der Waals surface area contributed by atoms with E-state index in [0.29, 0.717) is 43.2 Å². The first kappa shape index (κ1) is 115. The van der Waals surface area contributed by atoms with Crippen LogP contribution in [0.4, 0.5) is 35.1 Å². The van der Waals surface area contributed by atoms with Crippen LogP contribution in [-0.2, 0) is 69.3 Å². The van der Waals surface area contributed by atoms with E-state index < -0.39 is 42.0 Å². The second-order valence-electron chi connectivity index (χ2n) is 23.5. The number of Topliss-reactive ketones (excluding diaryl/α,β-unsaturated/α-hetero) is 3. The lowest BCUT2D eigenvalue weighted by Crippen LogP contribution is -2.21. The lowest BCUT2D eigenvalue weighted by atomic mass is 10.0. The molecule has 9 nitrogen and oxygen atoms in total. The van der Waals surface area contributed by atoms with E-state index in [1.165, 1.54) is 98.8 Å². The maximum absolute atomic E-state index is 14.5. The van der Waals surface area contributed by atoms with E-state index in [1.807, 2.05) is 123 Å². The number of ether oxygens (including phenoxy) is 4. The summed E-state index contributed by atoms with van der Waals surface area (Å²) in [4.78, 5) is 43.4. The maximum atomic E-state index is 14.5. The number of alkyl halides is 8. The topological polar surface area (TPSA) is 125 Å². The molecule has 0 saturated carbocycles. The van der Waals surface area contributed by atoms with Crippen molar-refractivity contribution in [2.24, 2.45) is 0 Å². The van der Waals surface area contributed by atoms with Crippen LogP contribution in [0.1, 0.15) is 258 Å². The smallest absolute Gasteiger partial charge is 0.426 e. The molecule has 17 heteroatoms. The molecule has 8 rings (SSSR count). The summed E-state index contributed by atoms with van der Waals surface area (Å²) in [6, 6.07) is 49.9. The summed E-state index contributed by atoms with van der Waals surface area (Å²) in [5, 5.41) is 7.89. The third kappa shape index (κ3) is 50.2. The monoisotopic (exact) mass is 1630 g/mol. The summed E-state index contributed by atoms with van der Waals surface area (Å²) in [6.07, 6.45) is -2.20. The molecular weight excluding hydrogens is 1500 g/mol. The molecule has 8 aromatic rings. The number of carbonyl (C=O) groups is 4. The molecule has 0 heterocycles. The zero-order valence-electron chi connectivity index (χ0n) is 73.8. The molecule has 0 aromatic heterocycles. The molecule has 0 atom stereocenters. The Balaban J connectivity index is -0.000000443. The van der Waals surface area contributed by atoms with Crippen molar-refractivity contribution in [3.8, 4) is 59.0 Å². The number of hydrogen-bond acceptors (Lipinski definition) is 8. The molecule has 8 aromatic carbocycles. The van der Waals surface area contributed by atoms with Crippen molar-refractivity contribution in [3.63, 3.8) is 0 Å². The van der Waals surface area contributed by atoms with Gasteiger partial charge in [0.1, 0.15) is 23.0 Å². The van der Waals surface area contributed by atoms with Crippen molar-refractivity contribution in [2.45, 2.75) is 255 Å². The number of carboxylic acid groups (broad SMARTS) is 1. The summed E-state index contributed by atoms with van der Waals surface area (Å²) in [7, 11) is 0. The minimum absolute atomic E-state index is 0.0279. The Kier molecular flexibility index (Phi) is 65.9. The number of benzene rings is 8. The van der Waals surface area contributed by atoms with Crippen molar-refractivity contribution >= 4 is 23.3 Å². The van der Waals surface area contributed by atoms with Crippen LogP contribution >= 0.6 is 0 Å². The van der Waals surface area contributed by atoms with Gasteiger partial charge in [-0.25, -0.2) is 4.79 Å². The van der Waals surface area contributed by atoms with Gasteiger partial charge >= 0.3 is 30.4 Å². The third-order valence-corrected chi connectivity index (χ3v) is 14.5. The van der Waals surface area contributed by atoms with Gasteiger partial charge in [0, 0.05) is 36.5 Å². The van der Waals surface area contributed by atoms with Gasteiger partial charge in [-0.15, -0.1) is 24.2 Å². The highest BCUT2D eigenvalue weighted by Gasteiger charge is 2.37. The lowest BCUT2D eigenvalue weighted by molar-refractivity contribution is -0.186. The minimum atomic E-state index is -3.50. The van der Waals surface area contributed by atoms with Crippen molar-refractivity contribution in [1.82, 2.24) is 0 Å². The van der Waals surface area contributed by atoms with Crippen LogP contribution in [0.5, 0.6) is 23.0 Å². The zero-order valence-corrected chi connectivity index (χ0v) is 73.8. The van der Waals surface area contributed by atoms with Crippen molar-refractivity contribution in [2.75, 3.05) is 0 Å². The van der Waals surface area contributed by atoms with Crippen molar-refractivity contribution in [1.29, 1.82) is 0 Å². The van der Waals surface area contributed by atoms with Gasteiger partial charge in [-0.3, -0.25) is 14.4 Å². The fourth-order valence-corrected chi connectivity index (χ4v) is 8.88. The Morgan fingerprint density at radius 3 is 0.803 bits per heavy atom. The predicted octanol–water partition coefficient (Wildman–Crippen LogP) is 28.9. The Morgan fingerprint density at radius 2 is 0.564 bits per heavy atom. The van der Waals surface area contributed by atoms with Crippen molar-refractivity contribution in [3.05, 3.63) is 285 Å². The Bertz CT molecular complexity index is 4130. The molecule has 117 heavy (non-hydrogen) atoms. The highest BCUT2D eigenvalue weighted by molar-refractivity contribution is 6.36. The van der Waals surface area contributed by atoms with Gasteiger partial charge in [-0.05, 0) is 236 Å².